The number of carbonyl (C=O) groups is 1. The third kappa shape index (κ3) is 10.4. The van der Waals surface area contributed by atoms with Crippen molar-refractivity contribution in [3.05, 3.63) is 65.6 Å². The summed E-state index contributed by atoms with van der Waals surface area (Å²) in [5.41, 5.74) is 2.15. The van der Waals surface area contributed by atoms with E-state index in [9.17, 15) is 18.0 Å². The summed E-state index contributed by atoms with van der Waals surface area (Å²) in [4.78, 5) is 23.9. The maximum absolute atomic E-state index is 13.1. The van der Waals surface area contributed by atoms with Gasteiger partial charge < -0.3 is 39.0 Å². The van der Waals surface area contributed by atoms with Gasteiger partial charge in [-0.1, -0.05) is 6.07 Å². The van der Waals surface area contributed by atoms with Gasteiger partial charge in [0.25, 0.3) is 5.91 Å². The van der Waals surface area contributed by atoms with E-state index in [1.165, 1.54) is 18.3 Å². The smallest absolute Gasteiger partial charge is 0.416 e. The number of anilines is 2. The molecule has 11 nitrogen and oxygen atoms in total. The topological polar surface area (TPSA) is 125 Å². The fraction of sp³-hybridized carbons (Fsp3) is 0.452. The van der Waals surface area contributed by atoms with Crippen molar-refractivity contribution in [1.82, 2.24) is 9.97 Å². The van der Waals surface area contributed by atoms with Gasteiger partial charge in [0.15, 0.2) is 0 Å². The Bertz CT molecular complexity index is 1390. The van der Waals surface area contributed by atoms with Crippen molar-refractivity contribution in [2.75, 3.05) is 89.4 Å². The highest BCUT2D eigenvalue weighted by atomic mass is 19.4. The Morgan fingerprint density at radius 2 is 1.64 bits per heavy atom. The molecule has 14 heteroatoms. The molecule has 2 aromatic heterocycles. The number of nitrogens with one attached hydrogen (secondary N) is 1. The summed E-state index contributed by atoms with van der Waals surface area (Å²) < 4.78 is 67.0. The first kappa shape index (κ1) is 34.1. The highest BCUT2D eigenvalue weighted by molar-refractivity contribution is 6.04. The van der Waals surface area contributed by atoms with Gasteiger partial charge in [0.05, 0.1) is 76.9 Å². The molecule has 1 aromatic carbocycles. The minimum Gasteiger partial charge on any atom is -0.474 e. The molecule has 3 heterocycles. The minimum atomic E-state index is -4.56. The number of nitrogens with zero attached hydrogens (tertiary/aromatic N) is 3. The average molecular weight is 635 g/mol. The van der Waals surface area contributed by atoms with Crippen molar-refractivity contribution >= 4 is 17.3 Å². The van der Waals surface area contributed by atoms with Crippen LogP contribution in [-0.2, 0) is 25.1 Å². The maximum atomic E-state index is 13.1. The van der Waals surface area contributed by atoms with Gasteiger partial charge in [-0.25, -0.2) is 4.98 Å². The van der Waals surface area contributed by atoms with Gasteiger partial charge in [-0.3, -0.25) is 9.78 Å². The summed E-state index contributed by atoms with van der Waals surface area (Å²) in [6.45, 7) is 6.67. The first-order chi connectivity index (χ1) is 21.8. The van der Waals surface area contributed by atoms with Crippen LogP contribution in [0.5, 0.6) is 5.88 Å². The van der Waals surface area contributed by atoms with Crippen LogP contribution in [0.15, 0.2) is 48.8 Å². The van der Waals surface area contributed by atoms with Crippen LogP contribution in [0.2, 0.25) is 0 Å². The Hall–Kier alpha value is -3.82. The second-order valence-corrected chi connectivity index (χ2v) is 9.95. The Morgan fingerprint density at radius 3 is 2.33 bits per heavy atom. The monoisotopic (exact) mass is 634 g/mol. The number of pyridine rings is 2. The number of morpholine rings is 1. The molecular formula is C31H37F3N4O7. The fourth-order valence-corrected chi connectivity index (χ4v) is 4.47. The molecule has 0 bridgehead atoms. The molecular weight excluding hydrogens is 597 g/mol. The van der Waals surface area contributed by atoms with Crippen LogP contribution in [-0.4, -0.2) is 100 Å². The lowest BCUT2D eigenvalue weighted by atomic mass is 10.0. The number of alkyl halides is 3. The van der Waals surface area contributed by atoms with Gasteiger partial charge in [0, 0.05) is 41.7 Å². The Labute approximate surface area is 259 Å². The van der Waals surface area contributed by atoms with Gasteiger partial charge in [-0.15, -0.1) is 0 Å². The lowest BCUT2D eigenvalue weighted by Gasteiger charge is -2.30. The molecule has 0 saturated carbocycles. The van der Waals surface area contributed by atoms with Gasteiger partial charge >= 0.3 is 6.18 Å². The largest absolute Gasteiger partial charge is 0.474 e. The van der Waals surface area contributed by atoms with E-state index in [1.807, 2.05) is 13.0 Å². The lowest BCUT2D eigenvalue weighted by Crippen LogP contribution is -2.36. The molecule has 0 spiro atoms. The molecule has 244 valence electrons. The number of hydrogen-bond donors (Lipinski definition) is 2. The average Bonchev–Trinajstić information content (AvgIpc) is 3.04. The van der Waals surface area contributed by atoms with E-state index >= 15 is 0 Å². The van der Waals surface area contributed by atoms with Crippen molar-refractivity contribution in [2.24, 2.45) is 0 Å². The van der Waals surface area contributed by atoms with E-state index in [-0.39, 0.29) is 25.4 Å². The summed E-state index contributed by atoms with van der Waals surface area (Å²) in [5.74, 6) is -0.254. The molecule has 0 unspecified atom stereocenters. The quantitative estimate of drug-likeness (QED) is 0.224. The molecule has 1 amide bonds. The van der Waals surface area contributed by atoms with Crippen LogP contribution in [0, 0.1) is 6.92 Å². The summed E-state index contributed by atoms with van der Waals surface area (Å²) >= 11 is 0. The van der Waals surface area contributed by atoms with Crippen molar-refractivity contribution in [3.8, 4) is 17.0 Å². The van der Waals surface area contributed by atoms with Crippen LogP contribution in [0.4, 0.5) is 24.5 Å². The maximum Gasteiger partial charge on any atom is 0.416 e. The normalized spacial score (nSPS) is 13.6. The number of rotatable bonds is 16. The van der Waals surface area contributed by atoms with Crippen LogP contribution >= 0.6 is 0 Å². The van der Waals surface area contributed by atoms with E-state index in [0.717, 1.165) is 23.4 Å². The van der Waals surface area contributed by atoms with E-state index in [0.29, 0.717) is 82.2 Å². The summed E-state index contributed by atoms with van der Waals surface area (Å²) in [6, 6.07) is 7.89. The third-order valence-electron chi connectivity index (χ3n) is 6.74. The Kier molecular flexibility index (Phi) is 12.9. The second-order valence-electron chi connectivity index (χ2n) is 9.95. The number of aryl methyl sites for hydroxylation is 1. The Balaban J connectivity index is 1.42. The number of ether oxygens (including phenoxy) is 5. The standard InChI is InChI=1S/C31H37F3N4O7/c1-22-27(19-26(21-35-22)37-29(40)23-3-2-4-25(17-23)31(32,33)34)24-18-28(38-5-8-41-9-6-38)30(36-20-24)45-16-15-44-14-13-43-12-11-42-10-7-39/h2-4,17-21,39H,5-16H2,1H3,(H,37,40). The highest BCUT2D eigenvalue weighted by Gasteiger charge is 2.31. The first-order valence-electron chi connectivity index (χ1n) is 14.5. The fourth-order valence-electron chi connectivity index (χ4n) is 4.47. The number of aliphatic hydroxyl groups is 1. The third-order valence-corrected chi connectivity index (χ3v) is 6.74. The molecule has 0 radical (unpaired) electrons. The molecule has 1 saturated heterocycles. The van der Waals surface area contributed by atoms with Gasteiger partial charge in [0.2, 0.25) is 5.88 Å². The Morgan fingerprint density at radius 1 is 0.956 bits per heavy atom. The molecule has 4 rings (SSSR count). The second kappa shape index (κ2) is 17.0. The minimum absolute atomic E-state index is 0.0211. The SMILES string of the molecule is Cc1ncc(NC(=O)c2cccc(C(F)(F)F)c2)cc1-c1cnc(OCCOCCOCCOCCO)c(N2CCOCC2)c1. The van der Waals surface area contributed by atoms with Crippen LogP contribution < -0.4 is 15.0 Å². The predicted molar refractivity (Wildman–Crippen MR) is 160 cm³/mol. The van der Waals surface area contributed by atoms with Crippen molar-refractivity contribution < 1.29 is 46.8 Å². The van der Waals surface area contributed by atoms with Crippen LogP contribution in [0.25, 0.3) is 11.1 Å². The molecule has 2 N–H and O–H groups in total. The summed E-state index contributed by atoms with van der Waals surface area (Å²) in [7, 11) is 0. The van der Waals surface area contributed by atoms with Crippen molar-refractivity contribution in [1.29, 1.82) is 0 Å². The zero-order valence-corrected chi connectivity index (χ0v) is 25.0. The van der Waals surface area contributed by atoms with Gasteiger partial charge in [0.1, 0.15) is 12.3 Å². The number of benzene rings is 1. The number of carbonyl (C=O) groups excluding carboxylic acids is 1. The number of aromatic nitrogens is 2. The molecule has 1 aliphatic heterocycles. The van der Waals surface area contributed by atoms with E-state index in [1.54, 1.807) is 12.3 Å². The zero-order valence-electron chi connectivity index (χ0n) is 25.0. The summed E-state index contributed by atoms with van der Waals surface area (Å²) in [6.07, 6.45) is -1.46. The molecule has 1 fully saturated rings. The number of aliphatic hydroxyl groups excluding tert-OH is 1. The van der Waals surface area contributed by atoms with Crippen molar-refractivity contribution in [3.63, 3.8) is 0 Å². The molecule has 45 heavy (non-hydrogen) atoms. The first-order valence-corrected chi connectivity index (χ1v) is 14.5. The lowest BCUT2D eigenvalue weighted by molar-refractivity contribution is -0.137. The summed E-state index contributed by atoms with van der Waals surface area (Å²) in [5, 5.41) is 11.3. The zero-order chi connectivity index (χ0) is 32.1. The predicted octanol–water partition coefficient (Wildman–Crippen LogP) is 3.98. The van der Waals surface area contributed by atoms with Gasteiger partial charge in [-0.05, 0) is 37.3 Å². The highest BCUT2D eigenvalue weighted by Crippen LogP contribution is 2.34. The number of hydrogen-bond acceptors (Lipinski definition) is 10. The molecule has 0 atom stereocenters. The molecule has 0 aliphatic carbocycles. The van der Waals surface area contributed by atoms with Crippen molar-refractivity contribution in [2.45, 2.75) is 13.1 Å². The van der Waals surface area contributed by atoms with Crippen LogP contribution in [0.1, 0.15) is 21.6 Å². The van der Waals surface area contributed by atoms with E-state index < -0.39 is 17.6 Å². The molecule has 3 aromatic rings. The number of halogens is 3. The number of amides is 1. The van der Waals surface area contributed by atoms with E-state index in [2.05, 4.69) is 20.2 Å². The van der Waals surface area contributed by atoms with E-state index in [4.69, 9.17) is 28.8 Å². The molecule has 1 aliphatic rings. The van der Waals surface area contributed by atoms with Gasteiger partial charge in [-0.2, -0.15) is 13.2 Å². The van der Waals surface area contributed by atoms with Crippen LogP contribution in [0.3, 0.4) is 0 Å².